The van der Waals surface area contributed by atoms with E-state index in [1.807, 2.05) is 4.90 Å². The molecular weight excluding hydrogens is 216 g/mol. The Morgan fingerprint density at radius 1 is 1.47 bits per heavy atom. The van der Waals surface area contributed by atoms with E-state index >= 15 is 0 Å². The van der Waals surface area contributed by atoms with Crippen molar-refractivity contribution < 1.29 is 9.53 Å². The molecule has 1 atom stereocenters. The van der Waals surface area contributed by atoms with E-state index < -0.39 is 0 Å². The summed E-state index contributed by atoms with van der Waals surface area (Å²) in [5.74, 6) is 0.745. The van der Waals surface area contributed by atoms with E-state index in [0.717, 1.165) is 32.0 Å². The Balaban J connectivity index is 1.87. The summed E-state index contributed by atoms with van der Waals surface area (Å²) in [6, 6.07) is 0.461. The highest BCUT2D eigenvalue weighted by atomic mass is 16.6. The van der Waals surface area contributed by atoms with Crippen LogP contribution in [0.3, 0.4) is 0 Å². The number of amides is 1. The molecule has 1 aliphatic carbocycles. The van der Waals surface area contributed by atoms with Gasteiger partial charge in [0.15, 0.2) is 0 Å². The topological polar surface area (TPSA) is 41.6 Å². The molecule has 0 radical (unpaired) electrons. The van der Waals surface area contributed by atoms with Crippen LogP contribution in [0.2, 0.25) is 0 Å². The van der Waals surface area contributed by atoms with Crippen molar-refractivity contribution in [3.63, 3.8) is 0 Å². The summed E-state index contributed by atoms with van der Waals surface area (Å²) in [5.41, 5.74) is 0. The molecule has 0 aromatic heterocycles. The summed E-state index contributed by atoms with van der Waals surface area (Å²) in [4.78, 5) is 13.3. The molecule has 0 bridgehead atoms. The first-order valence-corrected chi connectivity index (χ1v) is 6.96. The van der Waals surface area contributed by atoms with E-state index in [1.165, 1.54) is 25.7 Å². The van der Waals surface area contributed by atoms with Crippen molar-refractivity contribution in [3.05, 3.63) is 0 Å². The minimum atomic E-state index is -0.133. The largest absolute Gasteiger partial charge is 0.448 e. The Hall–Kier alpha value is -0.770. The first-order chi connectivity index (χ1) is 8.31. The Morgan fingerprint density at radius 3 is 2.82 bits per heavy atom. The summed E-state index contributed by atoms with van der Waals surface area (Å²) in [5, 5.41) is 3.61. The first kappa shape index (κ1) is 12.7. The van der Waals surface area contributed by atoms with E-state index in [9.17, 15) is 4.79 Å². The number of nitrogens with one attached hydrogen (secondary N) is 1. The molecular formula is C13H24N2O2. The van der Waals surface area contributed by atoms with Crippen LogP contribution in [0.4, 0.5) is 4.79 Å². The zero-order valence-corrected chi connectivity index (χ0v) is 10.8. The lowest BCUT2D eigenvalue weighted by atomic mass is 9.97. The van der Waals surface area contributed by atoms with Gasteiger partial charge < -0.3 is 15.0 Å². The van der Waals surface area contributed by atoms with E-state index in [4.69, 9.17) is 4.74 Å². The second kappa shape index (κ2) is 6.24. The molecule has 1 N–H and O–H groups in total. The predicted molar refractivity (Wildman–Crippen MR) is 67.0 cm³/mol. The van der Waals surface area contributed by atoms with E-state index in [-0.39, 0.29) is 6.09 Å². The molecule has 17 heavy (non-hydrogen) atoms. The van der Waals surface area contributed by atoms with Crippen LogP contribution in [0.5, 0.6) is 0 Å². The Bertz CT molecular complexity index is 252. The third-order valence-electron chi connectivity index (χ3n) is 3.89. The van der Waals surface area contributed by atoms with Crippen LogP contribution < -0.4 is 5.32 Å². The maximum Gasteiger partial charge on any atom is 0.409 e. The zero-order valence-electron chi connectivity index (χ0n) is 10.8. The van der Waals surface area contributed by atoms with Gasteiger partial charge in [0.1, 0.15) is 6.61 Å². The highest BCUT2D eigenvalue weighted by Gasteiger charge is 2.30. The van der Waals surface area contributed by atoms with Crippen LogP contribution in [0.25, 0.3) is 0 Å². The third-order valence-corrected chi connectivity index (χ3v) is 3.89. The van der Waals surface area contributed by atoms with Gasteiger partial charge in [-0.3, -0.25) is 0 Å². The molecule has 2 aliphatic rings. The average molecular weight is 240 g/mol. The lowest BCUT2D eigenvalue weighted by molar-refractivity contribution is 0.152. The lowest BCUT2D eigenvalue weighted by Gasteiger charge is -2.28. The number of cyclic esters (lactones) is 1. The molecule has 1 aliphatic heterocycles. The van der Waals surface area contributed by atoms with Crippen molar-refractivity contribution in [2.24, 2.45) is 5.92 Å². The van der Waals surface area contributed by atoms with Gasteiger partial charge in [-0.2, -0.15) is 0 Å². The normalized spacial score (nSPS) is 23.1. The van der Waals surface area contributed by atoms with Gasteiger partial charge in [0.25, 0.3) is 0 Å². The molecule has 0 aromatic carbocycles. The van der Waals surface area contributed by atoms with Gasteiger partial charge in [0, 0.05) is 12.6 Å². The van der Waals surface area contributed by atoms with E-state index in [2.05, 4.69) is 12.2 Å². The first-order valence-electron chi connectivity index (χ1n) is 6.96. The van der Waals surface area contributed by atoms with Crippen molar-refractivity contribution in [3.8, 4) is 0 Å². The van der Waals surface area contributed by atoms with E-state index in [1.54, 1.807) is 0 Å². The SMILES string of the molecule is CCCNC(CN1CCOC1=O)C1CCCC1. The third kappa shape index (κ3) is 3.35. The molecule has 1 heterocycles. The number of rotatable bonds is 6. The van der Waals surface area contributed by atoms with Crippen LogP contribution >= 0.6 is 0 Å². The van der Waals surface area contributed by atoms with Gasteiger partial charge >= 0.3 is 6.09 Å². The average Bonchev–Trinajstić information content (AvgIpc) is 2.96. The minimum absolute atomic E-state index is 0.133. The molecule has 1 amide bonds. The fourth-order valence-corrected chi connectivity index (χ4v) is 2.90. The Labute approximate surface area is 104 Å². The monoisotopic (exact) mass is 240 g/mol. The number of hydrogen-bond acceptors (Lipinski definition) is 3. The minimum Gasteiger partial charge on any atom is -0.448 e. The van der Waals surface area contributed by atoms with E-state index in [0.29, 0.717) is 12.6 Å². The molecule has 1 saturated heterocycles. The highest BCUT2D eigenvalue weighted by molar-refractivity contribution is 5.69. The molecule has 2 fully saturated rings. The van der Waals surface area contributed by atoms with Crippen molar-refractivity contribution in [1.29, 1.82) is 0 Å². The molecule has 1 saturated carbocycles. The molecule has 0 spiro atoms. The van der Waals surface area contributed by atoms with Gasteiger partial charge in [-0.1, -0.05) is 19.8 Å². The van der Waals surface area contributed by atoms with Crippen molar-refractivity contribution in [1.82, 2.24) is 10.2 Å². The molecule has 98 valence electrons. The fraction of sp³-hybridized carbons (Fsp3) is 0.923. The van der Waals surface area contributed by atoms with Gasteiger partial charge in [0.05, 0.1) is 6.54 Å². The van der Waals surface area contributed by atoms with Crippen molar-refractivity contribution in [2.75, 3.05) is 26.2 Å². The number of carbonyl (C=O) groups is 1. The maximum atomic E-state index is 11.5. The highest BCUT2D eigenvalue weighted by Crippen LogP contribution is 2.28. The van der Waals surface area contributed by atoms with Crippen molar-refractivity contribution >= 4 is 6.09 Å². The number of nitrogens with zero attached hydrogens (tertiary/aromatic N) is 1. The summed E-state index contributed by atoms with van der Waals surface area (Å²) in [6.07, 6.45) is 6.33. The summed E-state index contributed by atoms with van der Waals surface area (Å²) in [6.45, 7) is 5.37. The summed E-state index contributed by atoms with van der Waals surface area (Å²) < 4.78 is 4.99. The lowest BCUT2D eigenvalue weighted by Crippen LogP contribution is -2.45. The molecule has 1 unspecified atom stereocenters. The second-order valence-corrected chi connectivity index (χ2v) is 5.17. The Kier molecular flexibility index (Phi) is 4.66. The molecule has 4 nitrogen and oxygen atoms in total. The molecule has 0 aromatic rings. The van der Waals surface area contributed by atoms with Crippen LogP contribution in [0.1, 0.15) is 39.0 Å². The van der Waals surface area contributed by atoms with Crippen molar-refractivity contribution in [2.45, 2.75) is 45.1 Å². The molecule has 2 rings (SSSR count). The number of ether oxygens (including phenoxy) is 1. The maximum absolute atomic E-state index is 11.5. The summed E-state index contributed by atoms with van der Waals surface area (Å²) >= 11 is 0. The second-order valence-electron chi connectivity index (χ2n) is 5.17. The summed E-state index contributed by atoms with van der Waals surface area (Å²) in [7, 11) is 0. The van der Waals surface area contributed by atoms with Gasteiger partial charge in [0.2, 0.25) is 0 Å². The standard InChI is InChI=1S/C13H24N2O2/c1-2-7-14-12(11-5-3-4-6-11)10-15-8-9-17-13(15)16/h11-12,14H,2-10H2,1H3. The van der Waals surface area contributed by atoms with Crippen LogP contribution in [0, 0.1) is 5.92 Å². The smallest absolute Gasteiger partial charge is 0.409 e. The fourth-order valence-electron chi connectivity index (χ4n) is 2.90. The van der Waals surface area contributed by atoms with Gasteiger partial charge in [-0.15, -0.1) is 0 Å². The molecule has 4 heteroatoms. The van der Waals surface area contributed by atoms with Gasteiger partial charge in [-0.05, 0) is 31.7 Å². The van der Waals surface area contributed by atoms with Gasteiger partial charge in [-0.25, -0.2) is 4.79 Å². The number of hydrogen-bond donors (Lipinski definition) is 1. The zero-order chi connectivity index (χ0) is 12.1. The Morgan fingerprint density at radius 2 is 2.24 bits per heavy atom. The van der Waals surface area contributed by atoms with Crippen LogP contribution in [0.15, 0.2) is 0 Å². The number of carbonyl (C=O) groups excluding carboxylic acids is 1. The quantitative estimate of drug-likeness (QED) is 0.772. The van der Waals surface area contributed by atoms with Crippen LogP contribution in [-0.2, 0) is 4.74 Å². The predicted octanol–water partition coefficient (Wildman–Crippen LogP) is 2.00. The van der Waals surface area contributed by atoms with Crippen LogP contribution in [-0.4, -0.2) is 43.3 Å².